The number of hydrogen-bond donors (Lipinski definition) is 2. The second-order valence-corrected chi connectivity index (χ2v) is 3.96. The van der Waals surface area contributed by atoms with Crippen molar-refractivity contribution in [2.75, 3.05) is 37.9 Å². The van der Waals surface area contributed by atoms with Crippen molar-refractivity contribution in [3.63, 3.8) is 0 Å². The normalized spacial score (nSPS) is 12.2. The molecular weight excluding hydrogens is 238 g/mol. The number of nitrogen functional groups attached to an aromatic ring is 1. The Kier molecular flexibility index (Phi) is 4.87. The zero-order valence-corrected chi connectivity index (χ0v) is 10.4. The molecule has 1 unspecified atom stereocenters. The highest BCUT2D eigenvalue weighted by Gasteiger charge is 2.21. The number of nitro groups is 1. The van der Waals surface area contributed by atoms with Gasteiger partial charge in [0.2, 0.25) is 0 Å². The number of benzene rings is 1. The van der Waals surface area contributed by atoms with Crippen LogP contribution >= 0.6 is 0 Å². The van der Waals surface area contributed by atoms with Crippen LogP contribution in [-0.2, 0) is 4.74 Å². The molecule has 0 aliphatic heterocycles. The Labute approximate surface area is 105 Å². The summed E-state index contributed by atoms with van der Waals surface area (Å²) in [6, 6.07) is 4.70. The highest BCUT2D eigenvalue weighted by molar-refractivity contribution is 5.75. The molecule has 0 bridgehead atoms. The minimum Gasteiger partial charge on any atom is -0.393 e. The average Bonchev–Trinajstić information content (AvgIpc) is 2.28. The molecule has 0 amide bonds. The summed E-state index contributed by atoms with van der Waals surface area (Å²) >= 11 is 0. The molecule has 18 heavy (non-hydrogen) atoms. The van der Waals surface area contributed by atoms with Crippen molar-refractivity contribution in [3.8, 4) is 0 Å². The van der Waals surface area contributed by atoms with Crippen LogP contribution < -0.4 is 10.6 Å². The van der Waals surface area contributed by atoms with Gasteiger partial charge in [0.25, 0.3) is 0 Å². The van der Waals surface area contributed by atoms with Gasteiger partial charge in [0.1, 0.15) is 11.4 Å². The Morgan fingerprint density at radius 1 is 1.61 bits per heavy atom. The Hall–Kier alpha value is -1.86. The highest BCUT2D eigenvalue weighted by Crippen LogP contribution is 2.32. The lowest BCUT2D eigenvalue weighted by atomic mass is 10.2. The van der Waals surface area contributed by atoms with Gasteiger partial charge in [-0.2, -0.15) is 0 Å². The molecule has 7 nitrogen and oxygen atoms in total. The van der Waals surface area contributed by atoms with E-state index < -0.39 is 11.0 Å². The quantitative estimate of drug-likeness (QED) is 0.439. The van der Waals surface area contributed by atoms with Crippen LogP contribution in [0.4, 0.5) is 17.1 Å². The summed E-state index contributed by atoms with van der Waals surface area (Å²) in [6.45, 7) is 0.387. The van der Waals surface area contributed by atoms with Gasteiger partial charge < -0.3 is 20.5 Å². The molecule has 0 saturated heterocycles. The molecule has 100 valence electrons. The van der Waals surface area contributed by atoms with Gasteiger partial charge in [-0.05, 0) is 12.1 Å². The molecule has 0 saturated carbocycles. The number of nitrogens with zero attached hydrogens (tertiary/aromatic N) is 2. The third-order valence-corrected chi connectivity index (χ3v) is 2.48. The van der Waals surface area contributed by atoms with E-state index in [1.54, 1.807) is 24.1 Å². The summed E-state index contributed by atoms with van der Waals surface area (Å²) in [6.07, 6.45) is -0.721. The standard InChI is InChI=1S/C11H17N3O4/c1-13(6-8(15)7-18-2)10-5-3-4-9(12)11(10)14(16)17/h3-5,8,15H,6-7,12H2,1-2H3. The molecule has 0 spiro atoms. The predicted molar refractivity (Wildman–Crippen MR) is 68.7 cm³/mol. The van der Waals surface area contributed by atoms with Crippen LogP contribution in [0.1, 0.15) is 0 Å². The fourth-order valence-corrected chi connectivity index (χ4v) is 1.72. The fraction of sp³-hybridized carbons (Fsp3) is 0.455. The first-order valence-corrected chi connectivity index (χ1v) is 5.38. The van der Waals surface area contributed by atoms with Crippen molar-refractivity contribution >= 4 is 17.1 Å². The minimum absolute atomic E-state index is 0.102. The number of nitrogens with two attached hydrogens (primary N) is 1. The first-order chi connectivity index (χ1) is 8.47. The van der Waals surface area contributed by atoms with Crippen LogP contribution in [0.5, 0.6) is 0 Å². The van der Waals surface area contributed by atoms with Gasteiger partial charge in [0, 0.05) is 20.7 Å². The van der Waals surface area contributed by atoms with Crippen molar-refractivity contribution < 1.29 is 14.8 Å². The number of aliphatic hydroxyl groups is 1. The van der Waals surface area contributed by atoms with Crippen LogP contribution in [0.25, 0.3) is 0 Å². The second kappa shape index (κ2) is 6.18. The topological polar surface area (TPSA) is 102 Å². The highest BCUT2D eigenvalue weighted by atomic mass is 16.6. The number of likely N-dealkylation sites (N-methyl/N-ethyl adjacent to an activating group) is 1. The number of methoxy groups -OCH3 is 1. The third kappa shape index (κ3) is 3.31. The zero-order valence-electron chi connectivity index (χ0n) is 10.4. The molecule has 0 radical (unpaired) electrons. The van der Waals surface area contributed by atoms with Gasteiger partial charge in [-0.1, -0.05) is 6.07 Å². The minimum atomic E-state index is -0.721. The number of para-hydroxylation sites is 1. The first kappa shape index (κ1) is 14.2. The summed E-state index contributed by atoms with van der Waals surface area (Å²) in [4.78, 5) is 12.0. The number of nitro benzene ring substituents is 1. The lowest BCUT2D eigenvalue weighted by molar-refractivity contribution is -0.383. The average molecular weight is 255 g/mol. The smallest absolute Gasteiger partial charge is 0.315 e. The van der Waals surface area contributed by atoms with E-state index >= 15 is 0 Å². The summed E-state index contributed by atoms with van der Waals surface area (Å²) in [5.41, 5.74) is 5.92. The molecule has 0 aliphatic rings. The van der Waals surface area contributed by atoms with Gasteiger partial charge >= 0.3 is 5.69 Å². The number of aliphatic hydroxyl groups excluding tert-OH is 1. The number of rotatable bonds is 6. The molecule has 1 rings (SSSR count). The van der Waals surface area contributed by atoms with E-state index in [0.29, 0.717) is 5.69 Å². The Bertz CT molecular complexity index is 425. The first-order valence-electron chi connectivity index (χ1n) is 5.38. The second-order valence-electron chi connectivity index (χ2n) is 3.96. The number of ether oxygens (including phenoxy) is 1. The van der Waals surface area contributed by atoms with Gasteiger partial charge in [-0.3, -0.25) is 10.1 Å². The van der Waals surface area contributed by atoms with E-state index in [-0.39, 0.29) is 24.5 Å². The molecule has 1 aromatic rings. The fourth-order valence-electron chi connectivity index (χ4n) is 1.72. The third-order valence-electron chi connectivity index (χ3n) is 2.48. The molecule has 0 aromatic heterocycles. The summed E-state index contributed by atoms with van der Waals surface area (Å²) < 4.78 is 4.81. The molecular formula is C11H17N3O4. The monoisotopic (exact) mass is 255 g/mol. The van der Waals surface area contributed by atoms with Crippen molar-refractivity contribution in [2.45, 2.75) is 6.10 Å². The predicted octanol–water partition coefficient (Wildman–Crippen LogP) is 0.621. The Morgan fingerprint density at radius 2 is 2.28 bits per heavy atom. The SMILES string of the molecule is COCC(O)CN(C)c1cccc(N)c1[N+](=O)[O-]. The summed E-state index contributed by atoms with van der Waals surface area (Å²) in [7, 11) is 3.13. The van der Waals surface area contributed by atoms with Crippen LogP contribution in [0.2, 0.25) is 0 Å². The van der Waals surface area contributed by atoms with E-state index in [2.05, 4.69) is 0 Å². The summed E-state index contributed by atoms with van der Waals surface area (Å²) in [5.74, 6) is 0. The van der Waals surface area contributed by atoms with Gasteiger partial charge in [0.15, 0.2) is 0 Å². The van der Waals surface area contributed by atoms with Crippen molar-refractivity contribution in [2.24, 2.45) is 0 Å². The number of anilines is 2. The molecule has 1 atom stereocenters. The van der Waals surface area contributed by atoms with Crippen LogP contribution in [0, 0.1) is 10.1 Å². The Balaban J connectivity index is 2.95. The van der Waals surface area contributed by atoms with Gasteiger partial charge in [-0.25, -0.2) is 0 Å². The summed E-state index contributed by atoms with van der Waals surface area (Å²) in [5, 5.41) is 20.6. The maximum absolute atomic E-state index is 11.0. The van der Waals surface area contributed by atoms with Crippen molar-refractivity contribution in [3.05, 3.63) is 28.3 Å². The molecule has 0 aliphatic carbocycles. The zero-order chi connectivity index (χ0) is 13.7. The molecule has 3 N–H and O–H groups in total. The van der Waals surface area contributed by atoms with Crippen LogP contribution in [0.3, 0.4) is 0 Å². The molecule has 0 fully saturated rings. The Morgan fingerprint density at radius 3 is 2.83 bits per heavy atom. The molecule has 7 heteroatoms. The largest absolute Gasteiger partial charge is 0.393 e. The molecule has 1 aromatic carbocycles. The van der Waals surface area contributed by atoms with Crippen LogP contribution in [0.15, 0.2) is 18.2 Å². The van der Waals surface area contributed by atoms with Gasteiger partial charge in [-0.15, -0.1) is 0 Å². The maximum atomic E-state index is 11.0. The lowest BCUT2D eigenvalue weighted by Gasteiger charge is -2.22. The lowest BCUT2D eigenvalue weighted by Crippen LogP contribution is -2.32. The van der Waals surface area contributed by atoms with E-state index in [1.165, 1.54) is 13.2 Å². The maximum Gasteiger partial charge on any atom is 0.315 e. The van der Waals surface area contributed by atoms with E-state index in [1.807, 2.05) is 0 Å². The van der Waals surface area contributed by atoms with Crippen molar-refractivity contribution in [1.29, 1.82) is 0 Å². The molecule has 0 heterocycles. The van der Waals surface area contributed by atoms with E-state index in [0.717, 1.165) is 0 Å². The van der Waals surface area contributed by atoms with Crippen molar-refractivity contribution in [1.82, 2.24) is 0 Å². The van der Waals surface area contributed by atoms with E-state index in [9.17, 15) is 15.2 Å². The van der Waals surface area contributed by atoms with Crippen LogP contribution in [-0.4, -0.2) is 43.4 Å². The van der Waals surface area contributed by atoms with Gasteiger partial charge in [0.05, 0.1) is 17.6 Å². The number of hydrogen-bond acceptors (Lipinski definition) is 6. The van der Waals surface area contributed by atoms with E-state index in [4.69, 9.17) is 10.5 Å².